The van der Waals surface area contributed by atoms with Crippen molar-refractivity contribution in [3.05, 3.63) is 44.7 Å². The summed E-state index contributed by atoms with van der Waals surface area (Å²) in [7, 11) is 0. The van der Waals surface area contributed by atoms with Crippen LogP contribution in [-0.4, -0.2) is 0 Å². The average Bonchev–Trinajstić information content (AvgIpc) is 2.71. The van der Waals surface area contributed by atoms with E-state index in [1.807, 2.05) is 0 Å². The van der Waals surface area contributed by atoms with Crippen LogP contribution in [0.1, 0.15) is 0 Å². The van der Waals surface area contributed by atoms with Gasteiger partial charge in [-0.25, -0.2) is 0 Å². The predicted molar refractivity (Wildman–Crippen MR) is 121 cm³/mol. The molecule has 0 aliphatic carbocycles. The number of hydrogen-bond acceptors (Lipinski definition) is 0. The summed E-state index contributed by atoms with van der Waals surface area (Å²) in [6.45, 7) is 0. The van der Waals surface area contributed by atoms with Gasteiger partial charge in [-0.3, -0.25) is 0 Å². The van der Waals surface area contributed by atoms with Crippen molar-refractivity contribution < 1.29 is 19.5 Å². The molecule has 0 aromatic heterocycles. The first-order valence-electron chi connectivity index (χ1n) is 4.39. The molecule has 0 unspecified atom stereocenters. The van der Waals surface area contributed by atoms with Gasteiger partial charge >= 0.3 is 19.5 Å². The summed E-state index contributed by atoms with van der Waals surface area (Å²) in [4.78, 5) is 0. The summed E-state index contributed by atoms with van der Waals surface area (Å²) in [5, 5.41) is 0. The molecule has 118 valence electrons. The topological polar surface area (TPSA) is 0 Å². The first kappa shape index (κ1) is 25.1. The summed E-state index contributed by atoms with van der Waals surface area (Å²) in [5.74, 6) is 0. The van der Waals surface area contributed by atoms with Crippen LogP contribution in [0.2, 0.25) is 0 Å². The monoisotopic (exact) mass is 1010 g/mol. The normalized spacial score (nSPS) is 10.0. The second kappa shape index (κ2) is 11.1. The van der Waals surface area contributed by atoms with Crippen LogP contribution in [0.25, 0.3) is 0 Å². The Balaban J connectivity index is 0.000000364. The van der Waals surface area contributed by atoms with Gasteiger partial charge in [0.05, 0.1) is 0 Å². The van der Waals surface area contributed by atoms with E-state index >= 15 is 0 Å². The molecule has 0 N–H and O–H groups in total. The Morgan fingerprint density at radius 2 is 0.571 bits per heavy atom. The molecule has 0 atom stereocenters. The molecule has 0 nitrogen and oxygen atoms in total. The Bertz CT molecular complexity index is 424. The number of hydrogen-bond donors (Lipinski definition) is 0. The third-order valence-electron chi connectivity index (χ3n) is 1.93. The fourth-order valence-corrected chi connectivity index (χ4v) is 7.59. The van der Waals surface area contributed by atoms with Gasteiger partial charge in [0.25, 0.3) is 0 Å². The van der Waals surface area contributed by atoms with Crippen molar-refractivity contribution in [2.24, 2.45) is 0 Å². The Kier molecular flexibility index (Phi) is 13.3. The second-order valence-electron chi connectivity index (χ2n) is 3.14. The van der Waals surface area contributed by atoms with E-state index in [1.165, 1.54) is 0 Å². The first-order valence-corrected chi connectivity index (χ1v) is 12.3. The molecule has 11 heteroatoms. The minimum absolute atomic E-state index is 0. The molecule has 0 spiro atoms. The van der Waals surface area contributed by atoms with E-state index in [2.05, 4.69) is 159 Å². The summed E-state index contributed by atoms with van der Waals surface area (Å²) in [6.07, 6.45) is 0. The Morgan fingerprint density at radius 1 is 0.429 bits per heavy atom. The van der Waals surface area contributed by atoms with Crippen LogP contribution in [0.4, 0.5) is 0 Å². The van der Waals surface area contributed by atoms with Gasteiger partial charge in [0.2, 0.25) is 0 Å². The standard InChI is InChI=1S/2C5Br5.Ru/c2*6-1-2(7)4(9)5(10)3(1)8;/q2*-1;+2. The molecule has 0 bridgehead atoms. The van der Waals surface area contributed by atoms with Gasteiger partial charge in [-0.1, -0.05) is 90.6 Å². The van der Waals surface area contributed by atoms with Crippen molar-refractivity contribution in [2.75, 3.05) is 0 Å². The molecule has 2 rings (SSSR count). The minimum atomic E-state index is 0. The van der Waals surface area contributed by atoms with Crippen molar-refractivity contribution >= 4 is 159 Å². The third kappa shape index (κ3) is 6.06. The van der Waals surface area contributed by atoms with E-state index in [1.54, 1.807) is 0 Å². The second-order valence-corrected chi connectivity index (χ2v) is 11.1. The molecule has 0 amide bonds. The molecule has 0 heterocycles. The summed E-state index contributed by atoms with van der Waals surface area (Å²) in [5.41, 5.74) is 0. The molecule has 0 radical (unpaired) electrons. The Hall–Kier alpha value is 4.12. The molecule has 21 heavy (non-hydrogen) atoms. The zero-order valence-corrected chi connectivity index (χ0v) is 26.7. The number of rotatable bonds is 0. The van der Waals surface area contributed by atoms with E-state index in [-0.39, 0.29) is 19.5 Å². The first-order chi connectivity index (χ1) is 9.11. The maximum absolute atomic E-state index is 3.40. The van der Waals surface area contributed by atoms with E-state index in [9.17, 15) is 0 Å². The molecule has 0 saturated carbocycles. The maximum Gasteiger partial charge on any atom is 2.00 e. The number of halogens is 10. The third-order valence-corrected chi connectivity index (χ3v) is 15.2. The molecule has 0 saturated heterocycles. The summed E-state index contributed by atoms with van der Waals surface area (Å²) in [6, 6.07) is 0. The van der Waals surface area contributed by atoms with Crippen LogP contribution in [0.5, 0.6) is 0 Å². The van der Waals surface area contributed by atoms with Crippen molar-refractivity contribution in [3.63, 3.8) is 0 Å². The SMILES string of the molecule is Brc1c(Br)c(Br)[c-](Br)c1Br.Brc1c(Br)c(Br)[c-](Br)c1Br.[Ru+2]. The average molecular weight is 1020 g/mol. The largest absolute Gasteiger partial charge is 2.00 e. The predicted octanol–water partition coefficient (Wildman–Crippen LogP) is 10.4. The van der Waals surface area contributed by atoms with E-state index in [4.69, 9.17) is 0 Å². The fraction of sp³-hybridized carbons (Fsp3) is 0. The van der Waals surface area contributed by atoms with Crippen LogP contribution in [0, 0.1) is 0 Å². The van der Waals surface area contributed by atoms with Gasteiger partial charge in [-0.2, -0.15) is 0 Å². The van der Waals surface area contributed by atoms with Gasteiger partial charge in [-0.15, -0.1) is 113 Å². The molecular weight excluding hydrogens is 1020 g/mol. The van der Waals surface area contributed by atoms with Crippen molar-refractivity contribution in [3.8, 4) is 0 Å². The van der Waals surface area contributed by atoms with E-state index < -0.39 is 0 Å². The molecule has 0 aliphatic heterocycles. The Morgan fingerprint density at radius 3 is 0.619 bits per heavy atom. The smallest absolute Gasteiger partial charge is 0.146 e. The van der Waals surface area contributed by atoms with Crippen molar-refractivity contribution in [2.45, 2.75) is 0 Å². The van der Waals surface area contributed by atoms with Gasteiger partial charge in [0, 0.05) is 0 Å². The van der Waals surface area contributed by atoms with Crippen LogP contribution in [0.3, 0.4) is 0 Å². The zero-order chi connectivity index (χ0) is 15.8. The van der Waals surface area contributed by atoms with Crippen molar-refractivity contribution in [1.29, 1.82) is 0 Å². The summed E-state index contributed by atoms with van der Waals surface area (Å²) < 4.78 is 10.2. The maximum atomic E-state index is 3.40. The van der Waals surface area contributed by atoms with E-state index in [0.29, 0.717) is 0 Å². The van der Waals surface area contributed by atoms with Crippen LogP contribution < -0.4 is 0 Å². The van der Waals surface area contributed by atoms with Gasteiger partial charge in [0.1, 0.15) is 0 Å². The van der Waals surface area contributed by atoms with E-state index in [0.717, 1.165) is 44.7 Å². The minimum Gasteiger partial charge on any atom is -0.146 e. The van der Waals surface area contributed by atoms with Crippen LogP contribution >= 0.6 is 159 Å². The van der Waals surface area contributed by atoms with Crippen LogP contribution in [-0.2, 0) is 19.5 Å². The van der Waals surface area contributed by atoms with Gasteiger partial charge in [0.15, 0.2) is 0 Å². The fourth-order valence-electron chi connectivity index (χ4n) is 0.964. The Labute approximate surface area is 219 Å². The van der Waals surface area contributed by atoms with Crippen molar-refractivity contribution in [1.82, 2.24) is 0 Å². The molecular formula is C10Br10Ru. The molecule has 2 aromatic rings. The zero-order valence-electron chi connectivity index (χ0n) is 9.13. The molecule has 0 fully saturated rings. The van der Waals surface area contributed by atoms with Gasteiger partial charge < -0.3 is 0 Å². The van der Waals surface area contributed by atoms with Crippen LogP contribution in [0.15, 0.2) is 44.7 Å². The van der Waals surface area contributed by atoms with Gasteiger partial charge in [-0.05, 0) is 0 Å². The summed E-state index contributed by atoms with van der Waals surface area (Å²) >= 11 is 34.0. The quantitative estimate of drug-likeness (QED) is 0.182. The molecule has 0 aliphatic rings. The molecule has 2 aromatic carbocycles.